The third kappa shape index (κ3) is 5.57. The number of amides is 2. The summed E-state index contributed by atoms with van der Waals surface area (Å²) in [5, 5.41) is 6.98. The maximum absolute atomic E-state index is 14.0. The zero-order valence-corrected chi connectivity index (χ0v) is 22.4. The van der Waals surface area contributed by atoms with Crippen molar-refractivity contribution < 1.29 is 22.4 Å². The quantitative estimate of drug-likeness (QED) is 0.326. The first-order valence-electron chi connectivity index (χ1n) is 11.7. The van der Waals surface area contributed by atoms with Gasteiger partial charge in [-0.1, -0.05) is 32.0 Å². The van der Waals surface area contributed by atoms with Crippen molar-refractivity contribution in [3.8, 4) is 11.3 Å². The molecule has 0 radical (unpaired) electrons. The number of carbonyl (C=O) groups is 2. The Morgan fingerprint density at radius 1 is 1.11 bits per heavy atom. The molecule has 8 nitrogen and oxygen atoms in total. The first-order valence-corrected chi connectivity index (χ1v) is 14.0. The second-order valence-corrected chi connectivity index (χ2v) is 12.4. The highest BCUT2D eigenvalue weighted by atomic mass is 32.2. The Balaban J connectivity index is 1.46. The number of halogens is 1. The Hall–Kier alpha value is -3.57. The molecule has 0 unspecified atom stereocenters. The summed E-state index contributed by atoms with van der Waals surface area (Å²) in [6.07, 6.45) is 1.28. The number of carbonyl (C=O) groups excluding carboxylic acids is 2. The fraction of sp³-hybridized carbons (Fsp3) is 0.269. The molecule has 0 fully saturated rings. The Morgan fingerprint density at radius 3 is 2.54 bits per heavy atom. The standard InChI is InChI=1S/C26H27FN4O4S2/c1-15(2)17-9-18(11-19(27)10-17)22-14-36-26(29-22)30-24(32)12-28-25(33)21-13-31(37(34,35)16(3)4)23-8-6-5-7-20(21)23/h5-11,13-16H,12H2,1-4H3,(H,28,33)(H,29,30,32). The third-order valence-electron chi connectivity index (χ3n) is 5.84. The van der Waals surface area contributed by atoms with E-state index in [4.69, 9.17) is 0 Å². The molecule has 0 bridgehead atoms. The van der Waals surface area contributed by atoms with E-state index in [1.807, 2.05) is 19.9 Å². The average molecular weight is 543 g/mol. The van der Waals surface area contributed by atoms with Gasteiger partial charge in [0.05, 0.1) is 28.6 Å². The lowest BCUT2D eigenvalue weighted by atomic mass is 10.00. The van der Waals surface area contributed by atoms with Gasteiger partial charge in [0.2, 0.25) is 15.9 Å². The highest BCUT2D eigenvalue weighted by molar-refractivity contribution is 7.90. The third-order valence-corrected chi connectivity index (χ3v) is 8.63. The molecule has 4 aromatic rings. The zero-order valence-electron chi connectivity index (χ0n) is 20.8. The molecule has 0 aliphatic heterocycles. The first kappa shape index (κ1) is 26.5. The lowest BCUT2D eigenvalue weighted by Crippen LogP contribution is -2.32. The van der Waals surface area contributed by atoms with Crippen LogP contribution in [-0.4, -0.2) is 41.0 Å². The minimum absolute atomic E-state index is 0.148. The number of fused-ring (bicyclic) bond motifs is 1. The van der Waals surface area contributed by atoms with E-state index in [2.05, 4.69) is 15.6 Å². The lowest BCUT2D eigenvalue weighted by Gasteiger charge is -2.10. The van der Waals surface area contributed by atoms with E-state index in [0.29, 0.717) is 27.3 Å². The second-order valence-electron chi connectivity index (χ2n) is 9.15. The van der Waals surface area contributed by atoms with Gasteiger partial charge in [0.15, 0.2) is 5.13 Å². The van der Waals surface area contributed by atoms with Gasteiger partial charge in [-0.15, -0.1) is 11.3 Å². The number of nitrogens with one attached hydrogen (secondary N) is 2. The minimum Gasteiger partial charge on any atom is -0.343 e. The molecule has 0 spiro atoms. The number of anilines is 1. The fourth-order valence-electron chi connectivity index (χ4n) is 3.75. The maximum atomic E-state index is 14.0. The van der Waals surface area contributed by atoms with Crippen molar-refractivity contribution in [3.05, 3.63) is 71.0 Å². The zero-order chi connectivity index (χ0) is 26.9. The number of thiazole rings is 1. The van der Waals surface area contributed by atoms with E-state index in [0.717, 1.165) is 9.54 Å². The molecule has 0 saturated heterocycles. The van der Waals surface area contributed by atoms with Crippen LogP contribution in [0.3, 0.4) is 0 Å². The van der Waals surface area contributed by atoms with Crippen molar-refractivity contribution in [1.29, 1.82) is 0 Å². The molecule has 0 aliphatic carbocycles. The summed E-state index contributed by atoms with van der Waals surface area (Å²) in [6, 6.07) is 11.4. The van der Waals surface area contributed by atoms with Crippen LogP contribution >= 0.6 is 11.3 Å². The molecule has 4 rings (SSSR count). The van der Waals surface area contributed by atoms with Gasteiger partial charge < -0.3 is 10.6 Å². The number of rotatable bonds is 8. The van der Waals surface area contributed by atoms with Gasteiger partial charge in [-0.05, 0) is 49.6 Å². The Labute approximate surface area is 218 Å². The van der Waals surface area contributed by atoms with E-state index < -0.39 is 27.1 Å². The number of para-hydroxylation sites is 1. The molecule has 2 N–H and O–H groups in total. The summed E-state index contributed by atoms with van der Waals surface area (Å²) in [5.41, 5.74) is 2.53. The van der Waals surface area contributed by atoms with Crippen LogP contribution in [0, 0.1) is 5.82 Å². The number of benzene rings is 2. The lowest BCUT2D eigenvalue weighted by molar-refractivity contribution is -0.115. The smallest absolute Gasteiger partial charge is 0.253 e. The maximum Gasteiger partial charge on any atom is 0.253 e. The summed E-state index contributed by atoms with van der Waals surface area (Å²) in [4.78, 5) is 29.7. The molecule has 0 saturated carbocycles. The summed E-state index contributed by atoms with van der Waals surface area (Å²) in [5.74, 6) is -1.29. The van der Waals surface area contributed by atoms with Crippen molar-refractivity contribution in [2.24, 2.45) is 0 Å². The first-order chi connectivity index (χ1) is 17.5. The van der Waals surface area contributed by atoms with Crippen molar-refractivity contribution >= 4 is 49.2 Å². The number of hydrogen-bond acceptors (Lipinski definition) is 6. The molecule has 0 atom stereocenters. The Morgan fingerprint density at radius 2 is 1.84 bits per heavy atom. The second kappa shape index (κ2) is 10.4. The Kier molecular flexibility index (Phi) is 7.47. The van der Waals surface area contributed by atoms with Crippen LogP contribution in [0.15, 0.2) is 54.0 Å². The van der Waals surface area contributed by atoms with Gasteiger partial charge >= 0.3 is 0 Å². The SMILES string of the molecule is CC(C)c1cc(F)cc(-c2csc(NC(=O)CNC(=O)c3cn(S(=O)(=O)C(C)C)c4ccccc34)n2)c1. The average Bonchev–Trinajstić information content (AvgIpc) is 3.47. The molecule has 0 aliphatic rings. The van der Waals surface area contributed by atoms with Crippen LogP contribution in [-0.2, 0) is 14.8 Å². The van der Waals surface area contributed by atoms with Gasteiger partial charge in [0.1, 0.15) is 5.82 Å². The van der Waals surface area contributed by atoms with Gasteiger partial charge in [0, 0.05) is 22.5 Å². The molecular formula is C26H27FN4O4S2. The van der Waals surface area contributed by atoms with Crippen LogP contribution < -0.4 is 10.6 Å². The summed E-state index contributed by atoms with van der Waals surface area (Å²) in [7, 11) is -3.69. The predicted molar refractivity (Wildman–Crippen MR) is 144 cm³/mol. The summed E-state index contributed by atoms with van der Waals surface area (Å²) >= 11 is 1.19. The molecule has 2 amide bonds. The molecule has 2 aromatic carbocycles. The minimum atomic E-state index is -3.69. The van der Waals surface area contributed by atoms with Crippen LogP contribution in [0.2, 0.25) is 0 Å². The van der Waals surface area contributed by atoms with E-state index >= 15 is 0 Å². The normalized spacial score (nSPS) is 11.9. The molecule has 194 valence electrons. The van der Waals surface area contributed by atoms with Gasteiger partial charge in [-0.3, -0.25) is 9.59 Å². The van der Waals surface area contributed by atoms with Crippen molar-refractivity contribution in [2.75, 3.05) is 11.9 Å². The van der Waals surface area contributed by atoms with Crippen LogP contribution in [0.1, 0.15) is 49.5 Å². The number of nitrogens with zero attached hydrogens (tertiary/aromatic N) is 2. The predicted octanol–water partition coefficient (Wildman–Crippen LogP) is 4.98. The summed E-state index contributed by atoms with van der Waals surface area (Å²) in [6.45, 7) is 6.73. The number of aromatic nitrogens is 2. The highest BCUT2D eigenvalue weighted by Crippen LogP contribution is 2.29. The monoisotopic (exact) mass is 542 g/mol. The van der Waals surface area contributed by atoms with E-state index in [-0.39, 0.29) is 23.8 Å². The molecule has 2 heterocycles. The molecular weight excluding hydrogens is 515 g/mol. The summed E-state index contributed by atoms with van der Waals surface area (Å²) < 4.78 is 40.7. The highest BCUT2D eigenvalue weighted by Gasteiger charge is 2.24. The van der Waals surface area contributed by atoms with Gasteiger partial charge in [-0.2, -0.15) is 0 Å². The largest absolute Gasteiger partial charge is 0.343 e. The number of hydrogen-bond donors (Lipinski definition) is 2. The van der Waals surface area contributed by atoms with Gasteiger partial charge in [0.25, 0.3) is 5.91 Å². The fourth-order valence-corrected chi connectivity index (χ4v) is 5.62. The van der Waals surface area contributed by atoms with Crippen LogP contribution in [0.25, 0.3) is 22.2 Å². The van der Waals surface area contributed by atoms with Crippen LogP contribution in [0.4, 0.5) is 9.52 Å². The molecule has 11 heteroatoms. The van der Waals surface area contributed by atoms with E-state index in [1.54, 1.807) is 43.5 Å². The van der Waals surface area contributed by atoms with Crippen LogP contribution in [0.5, 0.6) is 0 Å². The molecule has 2 aromatic heterocycles. The van der Waals surface area contributed by atoms with Gasteiger partial charge in [-0.25, -0.2) is 21.8 Å². The van der Waals surface area contributed by atoms with Crippen molar-refractivity contribution in [3.63, 3.8) is 0 Å². The Bertz CT molecular complexity index is 1590. The van der Waals surface area contributed by atoms with Crippen molar-refractivity contribution in [1.82, 2.24) is 14.3 Å². The van der Waals surface area contributed by atoms with E-state index in [1.165, 1.54) is 29.7 Å². The van der Waals surface area contributed by atoms with Crippen molar-refractivity contribution in [2.45, 2.75) is 38.9 Å². The topological polar surface area (TPSA) is 110 Å². The van der Waals surface area contributed by atoms with E-state index in [9.17, 15) is 22.4 Å². The molecule has 37 heavy (non-hydrogen) atoms.